The van der Waals surface area contributed by atoms with Crippen molar-refractivity contribution < 1.29 is 9.59 Å². The van der Waals surface area contributed by atoms with Crippen LogP contribution in [-0.2, 0) is 9.59 Å². The molecule has 112 valence electrons. The Balaban J connectivity index is 1.75. The summed E-state index contributed by atoms with van der Waals surface area (Å²) in [6, 6.07) is 11.0. The van der Waals surface area contributed by atoms with E-state index in [1.54, 1.807) is 0 Å². The first-order valence-corrected chi connectivity index (χ1v) is 7.53. The van der Waals surface area contributed by atoms with E-state index in [2.05, 4.69) is 22.3 Å². The van der Waals surface area contributed by atoms with Gasteiger partial charge in [0.2, 0.25) is 11.8 Å². The number of benzene rings is 1. The first-order valence-electron chi connectivity index (χ1n) is 7.53. The van der Waals surface area contributed by atoms with E-state index in [1.807, 2.05) is 18.2 Å². The predicted molar refractivity (Wildman–Crippen MR) is 79.2 cm³/mol. The van der Waals surface area contributed by atoms with Gasteiger partial charge in [0, 0.05) is 12.1 Å². The largest absolute Gasteiger partial charge is 0.368 e. The highest BCUT2D eigenvalue weighted by Gasteiger charge is 2.46. The van der Waals surface area contributed by atoms with Crippen molar-refractivity contribution in [2.45, 2.75) is 31.3 Å². The zero-order chi connectivity index (χ0) is 14.8. The van der Waals surface area contributed by atoms with Crippen LogP contribution in [0.4, 0.5) is 0 Å². The van der Waals surface area contributed by atoms with Crippen LogP contribution in [0.2, 0.25) is 0 Å². The number of amides is 2. The average molecular weight is 287 g/mol. The molecule has 0 radical (unpaired) electrons. The van der Waals surface area contributed by atoms with E-state index in [4.69, 9.17) is 5.73 Å². The Bertz CT molecular complexity index is 532. The van der Waals surface area contributed by atoms with Gasteiger partial charge in [-0.2, -0.15) is 0 Å². The number of nitrogens with one attached hydrogen (secondary N) is 1. The van der Waals surface area contributed by atoms with Gasteiger partial charge in [-0.05, 0) is 31.4 Å². The fourth-order valence-electron chi connectivity index (χ4n) is 3.76. The Morgan fingerprint density at radius 3 is 2.76 bits per heavy atom. The number of primary amides is 1. The monoisotopic (exact) mass is 287 g/mol. The fourth-order valence-corrected chi connectivity index (χ4v) is 3.76. The first kappa shape index (κ1) is 14.1. The molecule has 0 unspecified atom stereocenters. The van der Waals surface area contributed by atoms with Crippen LogP contribution in [0.25, 0.3) is 0 Å². The van der Waals surface area contributed by atoms with Crippen molar-refractivity contribution in [2.75, 3.05) is 13.1 Å². The summed E-state index contributed by atoms with van der Waals surface area (Å²) in [7, 11) is 0. The number of carbonyl (C=O) groups excluding carboxylic acids is 2. The molecular formula is C16H21N3O2. The van der Waals surface area contributed by atoms with Crippen LogP contribution in [-0.4, -0.2) is 35.8 Å². The lowest BCUT2D eigenvalue weighted by Gasteiger charge is -2.24. The summed E-state index contributed by atoms with van der Waals surface area (Å²) in [5.41, 5.74) is 6.37. The van der Waals surface area contributed by atoms with Gasteiger partial charge in [0.15, 0.2) is 0 Å². The zero-order valence-electron chi connectivity index (χ0n) is 12.0. The average Bonchev–Trinajstić information content (AvgIpc) is 3.07. The van der Waals surface area contributed by atoms with Gasteiger partial charge in [-0.3, -0.25) is 14.5 Å². The molecule has 0 spiro atoms. The Morgan fingerprint density at radius 1 is 1.29 bits per heavy atom. The van der Waals surface area contributed by atoms with Crippen LogP contribution in [0.5, 0.6) is 0 Å². The van der Waals surface area contributed by atoms with Crippen molar-refractivity contribution in [3.05, 3.63) is 35.9 Å². The zero-order valence-corrected chi connectivity index (χ0v) is 12.0. The minimum atomic E-state index is -0.496. The summed E-state index contributed by atoms with van der Waals surface area (Å²) in [6.45, 7) is 0.974. The predicted octanol–water partition coefficient (Wildman–Crippen LogP) is 0.813. The molecule has 2 aliphatic heterocycles. The van der Waals surface area contributed by atoms with Crippen LogP contribution >= 0.6 is 0 Å². The number of hydrogen-bond donors (Lipinski definition) is 2. The van der Waals surface area contributed by atoms with Gasteiger partial charge in [0.1, 0.15) is 0 Å². The highest BCUT2D eigenvalue weighted by atomic mass is 16.2. The summed E-state index contributed by atoms with van der Waals surface area (Å²) >= 11 is 0. The standard InChI is InChI=1S/C16H21N3O2/c17-15(20)10-18-16(21)12-9-14(11-5-2-1-3-6-11)19-8-4-7-13(12)19/h1-3,5-6,12-14H,4,7-10H2,(H2,17,20)(H,18,21)/t12-,13+,14-/m1/s1. The van der Waals surface area contributed by atoms with Crippen LogP contribution < -0.4 is 11.1 Å². The maximum Gasteiger partial charge on any atom is 0.236 e. The second-order valence-electron chi connectivity index (χ2n) is 5.90. The Kier molecular flexibility index (Phi) is 3.92. The van der Waals surface area contributed by atoms with Gasteiger partial charge in [0.05, 0.1) is 12.5 Å². The smallest absolute Gasteiger partial charge is 0.236 e. The van der Waals surface area contributed by atoms with Crippen molar-refractivity contribution in [3.8, 4) is 0 Å². The SMILES string of the molecule is NC(=O)CNC(=O)[C@@H]1C[C@H](c2ccccc2)N2CCC[C@@H]12. The molecule has 0 bridgehead atoms. The fraction of sp³-hybridized carbons (Fsp3) is 0.500. The molecule has 0 aromatic heterocycles. The third-order valence-electron chi connectivity index (χ3n) is 4.64. The molecule has 3 atom stereocenters. The molecule has 2 fully saturated rings. The van der Waals surface area contributed by atoms with Crippen LogP contribution in [0.1, 0.15) is 30.9 Å². The highest BCUT2D eigenvalue weighted by Crippen LogP contribution is 2.44. The van der Waals surface area contributed by atoms with Crippen LogP contribution in [0.15, 0.2) is 30.3 Å². The maximum absolute atomic E-state index is 12.3. The third kappa shape index (κ3) is 2.78. The molecule has 21 heavy (non-hydrogen) atoms. The minimum Gasteiger partial charge on any atom is -0.368 e. The molecule has 1 aromatic carbocycles. The molecule has 0 saturated carbocycles. The van der Waals surface area contributed by atoms with E-state index in [9.17, 15) is 9.59 Å². The van der Waals surface area contributed by atoms with Gasteiger partial charge < -0.3 is 11.1 Å². The van der Waals surface area contributed by atoms with Gasteiger partial charge in [-0.15, -0.1) is 0 Å². The molecule has 0 aliphatic carbocycles. The second-order valence-corrected chi connectivity index (χ2v) is 5.90. The first-order chi connectivity index (χ1) is 10.2. The van der Waals surface area contributed by atoms with E-state index in [1.165, 1.54) is 5.56 Å². The highest BCUT2D eigenvalue weighted by molar-refractivity contribution is 5.85. The van der Waals surface area contributed by atoms with Crippen LogP contribution in [0.3, 0.4) is 0 Å². The molecule has 5 nitrogen and oxygen atoms in total. The van der Waals surface area contributed by atoms with Gasteiger partial charge in [-0.1, -0.05) is 30.3 Å². The van der Waals surface area contributed by atoms with Crippen molar-refractivity contribution >= 4 is 11.8 Å². The molecule has 2 aliphatic rings. The Hall–Kier alpha value is -1.88. The molecule has 1 aromatic rings. The lowest BCUT2D eigenvalue weighted by molar-refractivity contribution is -0.128. The second kappa shape index (κ2) is 5.85. The molecule has 2 saturated heterocycles. The maximum atomic E-state index is 12.3. The molecular weight excluding hydrogens is 266 g/mol. The van der Waals surface area contributed by atoms with Crippen molar-refractivity contribution in [1.29, 1.82) is 0 Å². The van der Waals surface area contributed by atoms with Crippen molar-refractivity contribution in [2.24, 2.45) is 11.7 Å². The normalized spacial score (nSPS) is 28.3. The van der Waals surface area contributed by atoms with E-state index in [0.29, 0.717) is 12.1 Å². The van der Waals surface area contributed by atoms with Crippen LogP contribution in [0, 0.1) is 5.92 Å². The lowest BCUT2D eigenvalue weighted by atomic mass is 9.93. The Morgan fingerprint density at radius 2 is 2.05 bits per heavy atom. The molecule has 3 N–H and O–H groups in total. The summed E-state index contributed by atoms with van der Waals surface area (Å²) < 4.78 is 0. The summed E-state index contributed by atoms with van der Waals surface area (Å²) in [5, 5.41) is 2.67. The number of rotatable bonds is 4. The van der Waals surface area contributed by atoms with E-state index in [-0.39, 0.29) is 18.4 Å². The van der Waals surface area contributed by atoms with E-state index in [0.717, 1.165) is 25.8 Å². The number of fused-ring (bicyclic) bond motifs is 1. The Labute approximate surface area is 124 Å². The van der Waals surface area contributed by atoms with E-state index < -0.39 is 5.91 Å². The summed E-state index contributed by atoms with van der Waals surface area (Å²) in [5.74, 6) is -0.578. The van der Waals surface area contributed by atoms with Gasteiger partial charge >= 0.3 is 0 Å². The molecule has 2 heterocycles. The third-order valence-corrected chi connectivity index (χ3v) is 4.64. The quantitative estimate of drug-likeness (QED) is 0.860. The molecule has 3 rings (SSSR count). The molecule has 2 amide bonds. The number of nitrogens with zero attached hydrogens (tertiary/aromatic N) is 1. The van der Waals surface area contributed by atoms with Gasteiger partial charge in [0.25, 0.3) is 0 Å². The lowest BCUT2D eigenvalue weighted by Crippen LogP contribution is -2.41. The minimum absolute atomic E-state index is 0.0378. The number of nitrogens with two attached hydrogens (primary N) is 1. The van der Waals surface area contributed by atoms with Crippen molar-refractivity contribution in [3.63, 3.8) is 0 Å². The van der Waals surface area contributed by atoms with Gasteiger partial charge in [-0.25, -0.2) is 0 Å². The van der Waals surface area contributed by atoms with E-state index >= 15 is 0 Å². The number of carbonyl (C=O) groups is 2. The topological polar surface area (TPSA) is 75.4 Å². The summed E-state index contributed by atoms with van der Waals surface area (Å²) in [4.78, 5) is 25.6. The summed E-state index contributed by atoms with van der Waals surface area (Å²) in [6.07, 6.45) is 3.00. The molecule has 5 heteroatoms. The van der Waals surface area contributed by atoms with Crippen molar-refractivity contribution in [1.82, 2.24) is 10.2 Å². The number of hydrogen-bond acceptors (Lipinski definition) is 3.